The van der Waals surface area contributed by atoms with Crippen LogP contribution in [-0.2, 0) is 9.59 Å². The fraction of sp³-hybridized carbons (Fsp3) is 0.429. The lowest BCUT2D eigenvalue weighted by Crippen LogP contribution is -2.41. The Labute approximate surface area is 127 Å². The fourth-order valence-electron chi connectivity index (χ4n) is 1.92. The van der Waals surface area contributed by atoms with Crippen LogP contribution in [0.2, 0.25) is 5.02 Å². The van der Waals surface area contributed by atoms with Crippen LogP contribution in [0, 0.1) is 0 Å². The van der Waals surface area contributed by atoms with Crippen molar-refractivity contribution in [3.05, 3.63) is 29.3 Å². The summed E-state index contributed by atoms with van der Waals surface area (Å²) in [5.74, 6) is -1.08. The maximum atomic E-state index is 12.3. The summed E-state index contributed by atoms with van der Waals surface area (Å²) >= 11 is 7.24. The Hall–Kier alpha value is -1.20. The van der Waals surface area contributed by atoms with E-state index in [1.807, 2.05) is 12.1 Å². The molecule has 0 heterocycles. The predicted molar refractivity (Wildman–Crippen MR) is 79.1 cm³/mol. The summed E-state index contributed by atoms with van der Waals surface area (Å²) in [6, 6.07) is 7.37. The van der Waals surface area contributed by atoms with Crippen molar-refractivity contribution in [3.8, 4) is 0 Å². The van der Waals surface area contributed by atoms with Crippen LogP contribution in [0.5, 0.6) is 0 Å². The molecule has 1 fully saturated rings. The number of thioether (sulfide) groups is 1. The molecule has 1 unspecified atom stereocenters. The Balaban J connectivity index is 1.99. The fourth-order valence-corrected chi connectivity index (χ4v) is 2.98. The van der Waals surface area contributed by atoms with E-state index in [4.69, 9.17) is 16.7 Å². The van der Waals surface area contributed by atoms with Gasteiger partial charge in [-0.25, -0.2) is 0 Å². The lowest BCUT2D eigenvalue weighted by Gasteiger charge is -2.23. The number of halogens is 1. The maximum absolute atomic E-state index is 12.3. The summed E-state index contributed by atoms with van der Waals surface area (Å²) in [6.45, 7) is 1.59. The van der Waals surface area contributed by atoms with E-state index < -0.39 is 5.97 Å². The highest BCUT2D eigenvalue weighted by atomic mass is 35.5. The van der Waals surface area contributed by atoms with Crippen molar-refractivity contribution in [2.24, 2.45) is 0 Å². The number of carbonyl (C=O) groups excluding carboxylic acids is 1. The van der Waals surface area contributed by atoms with Crippen LogP contribution >= 0.6 is 23.4 Å². The molecule has 0 aliphatic heterocycles. The first kappa shape index (κ1) is 15.2. The number of benzene rings is 1. The third-order valence-corrected chi connectivity index (χ3v) is 4.40. The zero-order chi connectivity index (χ0) is 14.7. The normalized spacial score (nSPS) is 15.7. The monoisotopic (exact) mass is 313 g/mol. The Morgan fingerprint density at radius 3 is 2.50 bits per heavy atom. The van der Waals surface area contributed by atoms with Gasteiger partial charge in [0.25, 0.3) is 0 Å². The Morgan fingerprint density at radius 1 is 1.40 bits per heavy atom. The summed E-state index contributed by atoms with van der Waals surface area (Å²) in [5.41, 5.74) is 0. The Bertz CT molecular complexity index is 502. The minimum atomic E-state index is -0.964. The van der Waals surface area contributed by atoms with Crippen molar-refractivity contribution in [3.63, 3.8) is 0 Å². The van der Waals surface area contributed by atoms with E-state index >= 15 is 0 Å². The first-order chi connectivity index (χ1) is 9.47. The summed E-state index contributed by atoms with van der Waals surface area (Å²) in [4.78, 5) is 25.6. The Morgan fingerprint density at radius 2 is 2.00 bits per heavy atom. The number of nitrogens with zero attached hydrogens (tertiary/aromatic N) is 1. The van der Waals surface area contributed by atoms with Gasteiger partial charge in [-0.15, -0.1) is 11.8 Å². The summed E-state index contributed by atoms with van der Waals surface area (Å²) in [7, 11) is 0. The number of rotatable bonds is 6. The van der Waals surface area contributed by atoms with Crippen LogP contribution in [-0.4, -0.2) is 39.7 Å². The van der Waals surface area contributed by atoms with Crippen molar-refractivity contribution in [2.75, 3.05) is 6.54 Å². The van der Waals surface area contributed by atoms with Gasteiger partial charge < -0.3 is 10.0 Å². The Kier molecular flexibility index (Phi) is 4.94. The van der Waals surface area contributed by atoms with Gasteiger partial charge in [-0.2, -0.15) is 0 Å². The highest BCUT2D eigenvalue weighted by Crippen LogP contribution is 2.31. The number of carboxylic acids is 1. The van der Waals surface area contributed by atoms with Crippen molar-refractivity contribution in [2.45, 2.75) is 36.0 Å². The first-order valence-corrected chi connectivity index (χ1v) is 7.67. The van der Waals surface area contributed by atoms with E-state index in [1.165, 1.54) is 16.7 Å². The predicted octanol–water partition coefficient (Wildman–Crippen LogP) is 2.90. The van der Waals surface area contributed by atoms with Crippen LogP contribution in [0.4, 0.5) is 0 Å². The van der Waals surface area contributed by atoms with Gasteiger partial charge in [0.2, 0.25) is 5.91 Å². The molecule has 1 N–H and O–H groups in total. The molecule has 1 atom stereocenters. The number of carbonyl (C=O) groups is 2. The van der Waals surface area contributed by atoms with E-state index in [0.717, 1.165) is 17.7 Å². The van der Waals surface area contributed by atoms with E-state index in [0.29, 0.717) is 5.02 Å². The van der Waals surface area contributed by atoms with Gasteiger partial charge in [-0.05, 0) is 44.0 Å². The molecule has 0 spiro atoms. The lowest BCUT2D eigenvalue weighted by molar-refractivity contribution is -0.144. The van der Waals surface area contributed by atoms with Gasteiger partial charge in [0, 0.05) is 16.0 Å². The molecule has 0 aromatic heterocycles. The quantitative estimate of drug-likeness (QED) is 0.820. The number of hydrogen-bond acceptors (Lipinski definition) is 3. The smallest absolute Gasteiger partial charge is 0.323 e. The topological polar surface area (TPSA) is 57.6 Å². The second-order valence-corrected chi connectivity index (χ2v) is 6.66. The summed E-state index contributed by atoms with van der Waals surface area (Å²) in [5, 5.41) is 9.24. The molecule has 4 nitrogen and oxygen atoms in total. The van der Waals surface area contributed by atoms with E-state index in [-0.39, 0.29) is 23.7 Å². The number of aliphatic carboxylic acids is 1. The number of hydrogen-bond donors (Lipinski definition) is 1. The zero-order valence-corrected chi connectivity index (χ0v) is 12.7. The van der Waals surface area contributed by atoms with Crippen LogP contribution < -0.4 is 0 Å². The third kappa shape index (κ3) is 4.15. The molecular formula is C14H16ClNO3S. The molecule has 1 amide bonds. The highest BCUT2D eigenvalue weighted by Gasteiger charge is 2.35. The molecule has 1 aromatic carbocycles. The molecule has 0 bridgehead atoms. The van der Waals surface area contributed by atoms with Gasteiger partial charge in [-0.3, -0.25) is 9.59 Å². The van der Waals surface area contributed by atoms with Gasteiger partial charge in [0.1, 0.15) is 6.54 Å². The molecule has 0 radical (unpaired) electrons. The van der Waals surface area contributed by atoms with Gasteiger partial charge >= 0.3 is 5.97 Å². The van der Waals surface area contributed by atoms with Gasteiger partial charge in [-0.1, -0.05) is 11.6 Å². The van der Waals surface area contributed by atoms with Crippen LogP contribution in [0.1, 0.15) is 19.8 Å². The highest BCUT2D eigenvalue weighted by molar-refractivity contribution is 8.00. The molecule has 1 saturated carbocycles. The summed E-state index contributed by atoms with van der Waals surface area (Å²) in [6.07, 6.45) is 1.80. The number of amides is 1. The largest absolute Gasteiger partial charge is 0.480 e. The molecule has 108 valence electrons. The number of carboxylic acid groups (broad SMARTS) is 1. The van der Waals surface area contributed by atoms with Crippen LogP contribution in [0.3, 0.4) is 0 Å². The average molecular weight is 314 g/mol. The van der Waals surface area contributed by atoms with Crippen LogP contribution in [0.25, 0.3) is 0 Å². The SMILES string of the molecule is CC(Sc1ccc(Cl)cc1)C(=O)N(CC(=O)O)C1CC1. The molecule has 20 heavy (non-hydrogen) atoms. The van der Waals surface area contributed by atoms with Crippen molar-refractivity contribution >= 4 is 35.2 Å². The average Bonchev–Trinajstić information content (AvgIpc) is 3.22. The molecule has 1 aromatic rings. The molecule has 0 saturated heterocycles. The van der Waals surface area contributed by atoms with Crippen molar-refractivity contribution in [1.29, 1.82) is 0 Å². The second kappa shape index (κ2) is 6.50. The molecule has 6 heteroatoms. The third-order valence-electron chi connectivity index (χ3n) is 3.05. The van der Waals surface area contributed by atoms with Crippen molar-refractivity contribution in [1.82, 2.24) is 4.90 Å². The zero-order valence-electron chi connectivity index (χ0n) is 11.1. The van der Waals surface area contributed by atoms with E-state index in [2.05, 4.69) is 0 Å². The van der Waals surface area contributed by atoms with Gasteiger partial charge in [0.15, 0.2) is 0 Å². The summed E-state index contributed by atoms with van der Waals surface area (Å²) < 4.78 is 0. The lowest BCUT2D eigenvalue weighted by atomic mass is 10.3. The van der Waals surface area contributed by atoms with Crippen LogP contribution in [0.15, 0.2) is 29.2 Å². The van der Waals surface area contributed by atoms with E-state index in [9.17, 15) is 9.59 Å². The molecule has 1 aliphatic carbocycles. The molecular weight excluding hydrogens is 298 g/mol. The minimum Gasteiger partial charge on any atom is -0.480 e. The standard InChI is InChI=1S/C14H16ClNO3S/c1-9(20-12-6-2-10(15)3-7-12)14(19)16(8-13(17)18)11-4-5-11/h2-3,6-7,9,11H,4-5,8H2,1H3,(H,17,18). The van der Waals surface area contributed by atoms with Gasteiger partial charge in [0.05, 0.1) is 5.25 Å². The second-order valence-electron chi connectivity index (χ2n) is 4.81. The molecule has 1 aliphatic rings. The van der Waals surface area contributed by atoms with E-state index in [1.54, 1.807) is 19.1 Å². The van der Waals surface area contributed by atoms with Crippen molar-refractivity contribution < 1.29 is 14.7 Å². The maximum Gasteiger partial charge on any atom is 0.323 e. The molecule has 2 rings (SSSR count). The minimum absolute atomic E-state index is 0.104. The first-order valence-electron chi connectivity index (χ1n) is 6.42.